The van der Waals surface area contributed by atoms with Gasteiger partial charge >= 0.3 is 0 Å². The molecule has 1 aliphatic carbocycles. The van der Waals surface area contributed by atoms with Crippen molar-refractivity contribution in [1.29, 1.82) is 0 Å². The Morgan fingerprint density at radius 2 is 1.08 bits per heavy atom. The lowest BCUT2D eigenvalue weighted by atomic mass is 10.2. The zero-order valence-electron chi connectivity index (χ0n) is 7.45. The maximum atomic E-state index is 2.23. The summed E-state index contributed by atoms with van der Waals surface area (Å²) in [6.07, 6.45) is 22.0. The van der Waals surface area contributed by atoms with Crippen LogP contribution >= 0.6 is 0 Å². The SMILES string of the molecule is C1=C\C/C=C\C=C\CCC/C=C/1. The van der Waals surface area contributed by atoms with Crippen LogP contribution in [-0.2, 0) is 0 Å². The monoisotopic (exact) mass is 160 g/mol. The Hall–Kier alpha value is -1.04. The fourth-order valence-corrected chi connectivity index (χ4v) is 1.10. The third kappa shape index (κ3) is 4.73. The van der Waals surface area contributed by atoms with Gasteiger partial charge in [0.15, 0.2) is 0 Å². The maximum Gasteiger partial charge on any atom is -0.0163 e. The number of allylic oxidation sites excluding steroid dienone is 8. The van der Waals surface area contributed by atoms with Crippen LogP contribution in [0.25, 0.3) is 0 Å². The smallest absolute Gasteiger partial charge is 0.0163 e. The summed E-state index contributed by atoms with van der Waals surface area (Å²) in [7, 11) is 0. The minimum absolute atomic E-state index is 1.04. The molecule has 1 aliphatic rings. The molecule has 0 aromatic carbocycles. The lowest BCUT2D eigenvalue weighted by Crippen LogP contribution is -1.69. The second-order valence-corrected chi connectivity index (χ2v) is 2.88. The van der Waals surface area contributed by atoms with E-state index in [2.05, 4.69) is 48.6 Å². The Morgan fingerprint density at radius 1 is 0.583 bits per heavy atom. The van der Waals surface area contributed by atoms with Gasteiger partial charge in [0.1, 0.15) is 0 Å². The van der Waals surface area contributed by atoms with Crippen LogP contribution in [0.1, 0.15) is 25.7 Å². The van der Waals surface area contributed by atoms with Crippen LogP contribution in [0.3, 0.4) is 0 Å². The molecular formula is C12H16. The van der Waals surface area contributed by atoms with Crippen molar-refractivity contribution in [1.82, 2.24) is 0 Å². The summed E-state index contributed by atoms with van der Waals surface area (Å²) in [5.41, 5.74) is 0. The molecule has 64 valence electrons. The van der Waals surface area contributed by atoms with E-state index in [1.54, 1.807) is 0 Å². The van der Waals surface area contributed by atoms with E-state index < -0.39 is 0 Å². The van der Waals surface area contributed by atoms with Gasteiger partial charge in [-0.25, -0.2) is 0 Å². The van der Waals surface area contributed by atoms with Crippen LogP contribution < -0.4 is 0 Å². The molecule has 0 spiro atoms. The Balaban J connectivity index is 2.42. The van der Waals surface area contributed by atoms with Gasteiger partial charge in [-0.2, -0.15) is 0 Å². The molecule has 12 heavy (non-hydrogen) atoms. The highest BCUT2D eigenvalue weighted by Crippen LogP contribution is 2.00. The molecule has 0 aliphatic heterocycles. The highest BCUT2D eigenvalue weighted by Gasteiger charge is 1.79. The van der Waals surface area contributed by atoms with E-state index in [1.165, 1.54) is 19.3 Å². The average molecular weight is 160 g/mol. The molecule has 1 rings (SSSR count). The van der Waals surface area contributed by atoms with Crippen LogP contribution in [0.15, 0.2) is 48.6 Å². The van der Waals surface area contributed by atoms with Gasteiger partial charge < -0.3 is 0 Å². The summed E-state index contributed by atoms with van der Waals surface area (Å²) in [5.74, 6) is 0. The first kappa shape index (κ1) is 9.05. The first-order valence-electron chi connectivity index (χ1n) is 4.63. The molecular weight excluding hydrogens is 144 g/mol. The summed E-state index contributed by atoms with van der Waals surface area (Å²) in [5, 5.41) is 0. The Labute approximate surface area is 75.0 Å². The predicted molar refractivity (Wildman–Crippen MR) is 55.0 cm³/mol. The van der Waals surface area contributed by atoms with E-state index in [0.29, 0.717) is 0 Å². The molecule has 0 aromatic rings. The van der Waals surface area contributed by atoms with E-state index in [-0.39, 0.29) is 0 Å². The van der Waals surface area contributed by atoms with Crippen LogP contribution in [0, 0.1) is 0 Å². The molecule has 0 unspecified atom stereocenters. The van der Waals surface area contributed by atoms with Crippen LogP contribution in [-0.4, -0.2) is 0 Å². The molecule has 0 amide bonds. The molecule has 0 fully saturated rings. The summed E-state index contributed by atoms with van der Waals surface area (Å²) in [6.45, 7) is 0. The summed E-state index contributed by atoms with van der Waals surface area (Å²) in [4.78, 5) is 0. The molecule has 0 nitrogen and oxygen atoms in total. The number of hydrogen-bond acceptors (Lipinski definition) is 0. The average Bonchev–Trinajstić information content (AvgIpc) is 2.05. The topological polar surface area (TPSA) is 0 Å². The predicted octanol–water partition coefficient (Wildman–Crippen LogP) is 3.79. The van der Waals surface area contributed by atoms with Crippen molar-refractivity contribution >= 4 is 0 Å². The van der Waals surface area contributed by atoms with E-state index in [4.69, 9.17) is 0 Å². The van der Waals surface area contributed by atoms with Crippen LogP contribution in [0.4, 0.5) is 0 Å². The van der Waals surface area contributed by atoms with Crippen molar-refractivity contribution in [2.45, 2.75) is 25.7 Å². The fraction of sp³-hybridized carbons (Fsp3) is 0.333. The number of rotatable bonds is 0. The minimum Gasteiger partial charge on any atom is -0.0845 e. The molecule has 0 saturated carbocycles. The second-order valence-electron chi connectivity index (χ2n) is 2.88. The van der Waals surface area contributed by atoms with Gasteiger partial charge in [-0.1, -0.05) is 48.6 Å². The first-order chi connectivity index (χ1) is 6.00. The third-order valence-corrected chi connectivity index (χ3v) is 1.78. The Bertz CT molecular complexity index is 182. The molecule has 0 aromatic heterocycles. The first-order valence-corrected chi connectivity index (χ1v) is 4.63. The lowest BCUT2D eigenvalue weighted by Gasteiger charge is -1.89. The Kier molecular flexibility index (Phi) is 5.02. The van der Waals surface area contributed by atoms with Gasteiger partial charge in [-0.15, -0.1) is 0 Å². The summed E-state index contributed by atoms with van der Waals surface area (Å²) < 4.78 is 0. The summed E-state index contributed by atoms with van der Waals surface area (Å²) in [6, 6.07) is 0. The largest absolute Gasteiger partial charge is 0.0845 e. The van der Waals surface area contributed by atoms with Gasteiger partial charge in [0, 0.05) is 0 Å². The van der Waals surface area contributed by atoms with Crippen molar-refractivity contribution in [2.24, 2.45) is 0 Å². The zero-order valence-corrected chi connectivity index (χ0v) is 7.45. The van der Waals surface area contributed by atoms with E-state index in [9.17, 15) is 0 Å². The molecule has 0 atom stereocenters. The van der Waals surface area contributed by atoms with E-state index >= 15 is 0 Å². The lowest BCUT2D eigenvalue weighted by molar-refractivity contribution is 0.868. The van der Waals surface area contributed by atoms with Crippen molar-refractivity contribution in [2.75, 3.05) is 0 Å². The van der Waals surface area contributed by atoms with Gasteiger partial charge in [-0.3, -0.25) is 0 Å². The highest BCUT2D eigenvalue weighted by atomic mass is 13.9. The summed E-state index contributed by atoms with van der Waals surface area (Å²) >= 11 is 0. The Morgan fingerprint density at radius 3 is 1.67 bits per heavy atom. The second kappa shape index (κ2) is 6.66. The molecule has 0 heteroatoms. The van der Waals surface area contributed by atoms with Crippen molar-refractivity contribution in [3.05, 3.63) is 48.6 Å². The maximum absolute atomic E-state index is 2.23. The zero-order chi connectivity index (χ0) is 8.49. The van der Waals surface area contributed by atoms with Crippen molar-refractivity contribution in [3.8, 4) is 0 Å². The molecule has 0 bridgehead atoms. The highest BCUT2D eigenvalue weighted by molar-refractivity contribution is 5.09. The minimum atomic E-state index is 1.04. The molecule has 0 heterocycles. The van der Waals surface area contributed by atoms with Gasteiger partial charge in [0.25, 0.3) is 0 Å². The van der Waals surface area contributed by atoms with Crippen molar-refractivity contribution in [3.63, 3.8) is 0 Å². The van der Waals surface area contributed by atoms with Crippen molar-refractivity contribution < 1.29 is 0 Å². The third-order valence-electron chi connectivity index (χ3n) is 1.78. The van der Waals surface area contributed by atoms with Gasteiger partial charge in [0.2, 0.25) is 0 Å². The fourth-order valence-electron chi connectivity index (χ4n) is 1.10. The quantitative estimate of drug-likeness (QED) is 0.506. The van der Waals surface area contributed by atoms with Crippen LogP contribution in [0.2, 0.25) is 0 Å². The molecule has 0 radical (unpaired) electrons. The van der Waals surface area contributed by atoms with E-state index in [0.717, 1.165) is 6.42 Å². The van der Waals surface area contributed by atoms with Crippen LogP contribution in [0.5, 0.6) is 0 Å². The normalized spacial score (nSPS) is 29.3. The standard InChI is InChI=1S/C12H16/c1-2-4-6-8-10-12-11-9-7-5-3-1/h1-4,7,9,11-12H,5-6,8,10H2/b3-1-,4-2+,9-7-,12-11+. The van der Waals surface area contributed by atoms with Gasteiger partial charge in [-0.05, 0) is 25.7 Å². The number of hydrogen-bond donors (Lipinski definition) is 0. The van der Waals surface area contributed by atoms with Gasteiger partial charge in [0.05, 0.1) is 0 Å². The molecule has 0 saturated heterocycles. The molecule has 0 N–H and O–H groups in total. The van der Waals surface area contributed by atoms with E-state index in [1.807, 2.05) is 0 Å².